The minimum absolute atomic E-state index is 0.326. The number of hydrogen-bond donors (Lipinski definition) is 0. The van der Waals surface area contributed by atoms with Crippen molar-refractivity contribution < 1.29 is 9.59 Å². The lowest BCUT2D eigenvalue weighted by Crippen LogP contribution is -2.36. The molecule has 3 aromatic carbocycles. The number of amides is 2. The van der Waals surface area contributed by atoms with Gasteiger partial charge in [0.25, 0.3) is 11.8 Å². The van der Waals surface area contributed by atoms with E-state index in [1.165, 1.54) is 4.90 Å². The number of imide groups is 1. The van der Waals surface area contributed by atoms with E-state index < -0.39 is 6.04 Å². The third-order valence-electron chi connectivity index (χ3n) is 5.81. The van der Waals surface area contributed by atoms with Crippen LogP contribution in [0, 0.1) is 0 Å². The van der Waals surface area contributed by atoms with Crippen molar-refractivity contribution in [2.45, 2.75) is 12.5 Å². The molecule has 154 valence electrons. The molecule has 3 heterocycles. The SMILES string of the molecule is O=C1c2ccccc2C(=O)N1[C@H](Cc1ccccc1)c1nc2c3ccccc3ncn2n1. The van der Waals surface area contributed by atoms with Crippen molar-refractivity contribution in [3.8, 4) is 0 Å². The molecule has 0 fully saturated rings. The van der Waals surface area contributed by atoms with Crippen LogP contribution in [0.1, 0.15) is 38.1 Å². The van der Waals surface area contributed by atoms with Crippen molar-refractivity contribution in [2.24, 2.45) is 0 Å². The number of para-hydroxylation sites is 1. The first-order chi connectivity index (χ1) is 15.7. The van der Waals surface area contributed by atoms with Crippen LogP contribution in [0.5, 0.6) is 0 Å². The quantitative estimate of drug-likeness (QED) is 0.413. The van der Waals surface area contributed by atoms with Gasteiger partial charge < -0.3 is 0 Å². The van der Waals surface area contributed by atoms with Crippen molar-refractivity contribution in [3.63, 3.8) is 0 Å². The highest BCUT2D eigenvalue weighted by Gasteiger charge is 2.42. The van der Waals surface area contributed by atoms with E-state index in [0.717, 1.165) is 16.5 Å². The van der Waals surface area contributed by atoms with Crippen LogP contribution in [0.15, 0.2) is 85.2 Å². The molecule has 7 heteroatoms. The highest BCUT2D eigenvalue weighted by molar-refractivity contribution is 6.21. The Balaban J connectivity index is 1.51. The summed E-state index contributed by atoms with van der Waals surface area (Å²) in [5.41, 5.74) is 3.24. The molecule has 1 aliphatic rings. The van der Waals surface area contributed by atoms with Gasteiger partial charge in [0.15, 0.2) is 11.5 Å². The second kappa shape index (κ2) is 7.09. The molecule has 0 bridgehead atoms. The number of hydrogen-bond acceptors (Lipinski definition) is 5. The van der Waals surface area contributed by atoms with Crippen LogP contribution >= 0.6 is 0 Å². The standard InChI is InChI=1S/C25H17N5O2/c31-24-17-10-4-5-11-18(17)25(32)30(24)21(14-16-8-2-1-3-9-16)22-27-23-19-12-6-7-13-20(19)26-15-29(23)28-22/h1-13,15,21H,14H2/t21-/m1/s1. The minimum Gasteiger partial charge on any atom is -0.269 e. The van der Waals surface area contributed by atoms with Gasteiger partial charge in [0.2, 0.25) is 0 Å². The van der Waals surface area contributed by atoms with Crippen molar-refractivity contribution >= 4 is 28.4 Å². The summed E-state index contributed by atoms with van der Waals surface area (Å²) in [6.45, 7) is 0. The molecule has 32 heavy (non-hydrogen) atoms. The predicted molar refractivity (Wildman–Crippen MR) is 118 cm³/mol. The van der Waals surface area contributed by atoms with Crippen molar-refractivity contribution in [1.29, 1.82) is 0 Å². The monoisotopic (exact) mass is 419 g/mol. The fraction of sp³-hybridized carbons (Fsp3) is 0.0800. The minimum atomic E-state index is -0.650. The molecule has 1 aliphatic heterocycles. The van der Waals surface area contributed by atoms with E-state index in [4.69, 9.17) is 4.98 Å². The van der Waals surface area contributed by atoms with Crippen molar-refractivity contribution in [3.05, 3.63) is 108 Å². The first kappa shape index (κ1) is 18.4. The van der Waals surface area contributed by atoms with Gasteiger partial charge >= 0.3 is 0 Å². The number of carbonyl (C=O) groups excluding carboxylic acids is 2. The van der Waals surface area contributed by atoms with Gasteiger partial charge in [-0.1, -0.05) is 54.6 Å². The van der Waals surface area contributed by atoms with E-state index in [1.54, 1.807) is 35.1 Å². The molecular formula is C25H17N5O2. The van der Waals surface area contributed by atoms with E-state index in [0.29, 0.717) is 29.0 Å². The lowest BCUT2D eigenvalue weighted by molar-refractivity contribution is 0.0574. The maximum atomic E-state index is 13.3. The fourth-order valence-corrected chi connectivity index (χ4v) is 4.26. The van der Waals surface area contributed by atoms with Crippen LogP contribution in [0.4, 0.5) is 0 Å². The number of benzene rings is 3. The van der Waals surface area contributed by atoms with E-state index in [2.05, 4.69) is 10.1 Å². The number of carbonyl (C=O) groups is 2. The molecule has 0 spiro atoms. The topological polar surface area (TPSA) is 80.5 Å². The summed E-state index contributed by atoms with van der Waals surface area (Å²) in [6.07, 6.45) is 2.02. The summed E-state index contributed by atoms with van der Waals surface area (Å²) in [7, 11) is 0. The van der Waals surface area contributed by atoms with E-state index in [9.17, 15) is 9.59 Å². The first-order valence-corrected chi connectivity index (χ1v) is 10.3. The second-order valence-electron chi connectivity index (χ2n) is 7.73. The largest absolute Gasteiger partial charge is 0.269 e. The van der Waals surface area contributed by atoms with Crippen LogP contribution in [-0.4, -0.2) is 36.3 Å². The molecule has 2 amide bonds. The Bertz CT molecular complexity index is 1470. The molecule has 5 aromatic rings. The lowest BCUT2D eigenvalue weighted by atomic mass is 10.0. The second-order valence-corrected chi connectivity index (χ2v) is 7.73. The van der Waals surface area contributed by atoms with E-state index >= 15 is 0 Å². The van der Waals surface area contributed by atoms with Crippen LogP contribution in [0.3, 0.4) is 0 Å². The Kier molecular flexibility index (Phi) is 4.07. The zero-order valence-electron chi connectivity index (χ0n) is 16.9. The first-order valence-electron chi connectivity index (χ1n) is 10.3. The summed E-state index contributed by atoms with van der Waals surface area (Å²) in [5, 5.41) is 5.49. The summed E-state index contributed by atoms with van der Waals surface area (Å²) in [4.78, 5) is 37.1. The third-order valence-corrected chi connectivity index (χ3v) is 5.81. The van der Waals surface area contributed by atoms with Gasteiger partial charge in [0.1, 0.15) is 12.4 Å². The van der Waals surface area contributed by atoms with Gasteiger partial charge in [-0.2, -0.15) is 0 Å². The zero-order chi connectivity index (χ0) is 21.7. The molecule has 1 atom stereocenters. The lowest BCUT2D eigenvalue weighted by Gasteiger charge is -2.24. The molecule has 2 aromatic heterocycles. The van der Waals surface area contributed by atoms with Crippen LogP contribution in [-0.2, 0) is 6.42 Å². The number of fused-ring (bicyclic) bond motifs is 4. The molecular weight excluding hydrogens is 402 g/mol. The molecule has 0 N–H and O–H groups in total. The average Bonchev–Trinajstić information content (AvgIpc) is 3.38. The molecule has 0 radical (unpaired) electrons. The normalized spacial score (nSPS) is 14.3. The molecule has 0 aliphatic carbocycles. The Labute approximate surface area is 183 Å². The summed E-state index contributed by atoms with van der Waals surface area (Å²) < 4.78 is 1.60. The fourth-order valence-electron chi connectivity index (χ4n) is 4.26. The number of aromatic nitrogens is 4. The third kappa shape index (κ3) is 2.79. The van der Waals surface area contributed by atoms with Gasteiger partial charge in [-0.25, -0.2) is 14.5 Å². The molecule has 6 rings (SSSR count). The molecule has 0 saturated heterocycles. The molecule has 0 saturated carbocycles. The van der Waals surface area contributed by atoms with Gasteiger partial charge in [-0.3, -0.25) is 14.5 Å². The van der Waals surface area contributed by atoms with Gasteiger partial charge in [0, 0.05) is 11.8 Å². The van der Waals surface area contributed by atoms with Gasteiger partial charge in [-0.05, 0) is 29.8 Å². The molecule has 7 nitrogen and oxygen atoms in total. The maximum absolute atomic E-state index is 13.3. The van der Waals surface area contributed by atoms with Crippen molar-refractivity contribution in [2.75, 3.05) is 0 Å². The predicted octanol–water partition coefficient (Wildman–Crippen LogP) is 3.86. The number of rotatable bonds is 4. The van der Waals surface area contributed by atoms with Gasteiger partial charge in [-0.15, -0.1) is 5.10 Å². The highest BCUT2D eigenvalue weighted by Crippen LogP contribution is 2.33. The summed E-state index contributed by atoms with van der Waals surface area (Å²) >= 11 is 0. The summed E-state index contributed by atoms with van der Waals surface area (Å²) in [5.74, 6) is -0.247. The number of nitrogens with zero attached hydrogens (tertiary/aromatic N) is 5. The Morgan fingerprint density at radius 1 is 0.781 bits per heavy atom. The Hall–Kier alpha value is -4.39. The Morgan fingerprint density at radius 2 is 1.44 bits per heavy atom. The molecule has 0 unspecified atom stereocenters. The van der Waals surface area contributed by atoms with E-state index in [-0.39, 0.29) is 11.8 Å². The summed E-state index contributed by atoms with van der Waals surface area (Å²) in [6, 6.07) is 23.7. The zero-order valence-corrected chi connectivity index (χ0v) is 16.9. The van der Waals surface area contributed by atoms with Crippen LogP contribution < -0.4 is 0 Å². The average molecular weight is 419 g/mol. The van der Waals surface area contributed by atoms with E-state index in [1.807, 2.05) is 54.6 Å². The van der Waals surface area contributed by atoms with Gasteiger partial charge in [0.05, 0.1) is 16.6 Å². The van der Waals surface area contributed by atoms with Crippen LogP contribution in [0.25, 0.3) is 16.6 Å². The van der Waals surface area contributed by atoms with Crippen LogP contribution in [0.2, 0.25) is 0 Å². The highest BCUT2D eigenvalue weighted by atomic mass is 16.2. The smallest absolute Gasteiger partial charge is 0.262 e. The maximum Gasteiger partial charge on any atom is 0.262 e. The Morgan fingerprint density at radius 3 is 2.19 bits per heavy atom. The van der Waals surface area contributed by atoms with Crippen molar-refractivity contribution in [1.82, 2.24) is 24.5 Å².